The first-order chi connectivity index (χ1) is 23.8. The molecule has 0 bridgehead atoms. The van der Waals surface area contributed by atoms with Crippen molar-refractivity contribution < 1.29 is 4.74 Å². The highest BCUT2D eigenvalue weighted by molar-refractivity contribution is 7.67. The van der Waals surface area contributed by atoms with Crippen molar-refractivity contribution in [3.63, 3.8) is 0 Å². The van der Waals surface area contributed by atoms with Crippen LogP contribution in [0.25, 0.3) is 80.5 Å². The molecule has 10 aromatic rings. The first-order valence-electron chi connectivity index (χ1n) is 16.3. The van der Waals surface area contributed by atoms with Gasteiger partial charge in [0.25, 0.3) is 0 Å². The maximum absolute atomic E-state index is 7.01. The summed E-state index contributed by atoms with van der Waals surface area (Å²) in [7, 11) is -0.622. The van der Waals surface area contributed by atoms with Crippen molar-refractivity contribution in [2.45, 2.75) is 0 Å². The third kappa shape index (κ3) is 4.10. The fourth-order valence-electron chi connectivity index (χ4n) is 7.63. The van der Waals surface area contributed by atoms with Crippen molar-refractivity contribution in [1.29, 1.82) is 0 Å². The second-order valence-electron chi connectivity index (χ2n) is 12.3. The summed E-state index contributed by atoms with van der Waals surface area (Å²) in [6, 6.07) is 56.9. The summed E-state index contributed by atoms with van der Waals surface area (Å²) >= 11 is 0. The number of fused-ring (bicyclic) bond motifs is 8. The third-order valence-electron chi connectivity index (χ3n) is 9.69. The van der Waals surface area contributed by atoms with Gasteiger partial charge in [-0.2, -0.15) is 0 Å². The van der Waals surface area contributed by atoms with Crippen LogP contribution in [-0.4, -0.2) is 4.98 Å². The maximum Gasteiger partial charge on any atom is 0.143 e. The first-order valence-corrected chi connectivity index (χ1v) is 17.6. The van der Waals surface area contributed by atoms with Crippen LogP contribution in [0.15, 0.2) is 170 Å². The van der Waals surface area contributed by atoms with Crippen LogP contribution in [0, 0.1) is 0 Å². The zero-order chi connectivity index (χ0) is 31.6. The van der Waals surface area contributed by atoms with Gasteiger partial charge in [-0.25, -0.2) is 0 Å². The summed E-state index contributed by atoms with van der Waals surface area (Å²) in [6.45, 7) is 0. The molecule has 0 aliphatic carbocycles. The average molecular weight is 630 g/mol. The zero-order valence-electron chi connectivity index (χ0n) is 26.0. The molecule has 2 heterocycles. The summed E-state index contributed by atoms with van der Waals surface area (Å²) in [5, 5.41) is 16.0. The lowest BCUT2D eigenvalue weighted by Gasteiger charge is -2.19. The van der Waals surface area contributed by atoms with Crippen LogP contribution < -0.4 is 4.74 Å². The van der Waals surface area contributed by atoms with Crippen molar-refractivity contribution in [3.05, 3.63) is 170 Å². The van der Waals surface area contributed by atoms with Gasteiger partial charge in [-0.1, -0.05) is 135 Å². The summed E-state index contributed by atoms with van der Waals surface area (Å²) < 4.78 is 7.01. The monoisotopic (exact) mass is 629 g/mol. The van der Waals surface area contributed by atoms with Crippen LogP contribution in [0.3, 0.4) is 0 Å². The van der Waals surface area contributed by atoms with Gasteiger partial charge >= 0.3 is 0 Å². The second kappa shape index (κ2) is 10.8. The molecule has 0 fully saturated rings. The van der Waals surface area contributed by atoms with E-state index in [1.807, 2.05) is 12.4 Å². The number of hydrogen-bond donors (Lipinski definition) is 0. The second-order valence-corrected chi connectivity index (χ2v) is 14.5. The fraction of sp³-hybridized carbons (Fsp3) is 0. The van der Waals surface area contributed by atoms with Gasteiger partial charge < -0.3 is 4.74 Å². The Bertz CT molecular complexity index is 2810. The minimum absolute atomic E-state index is 0.622. The van der Waals surface area contributed by atoms with Crippen molar-refractivity contribution in [1.82, 2.24) is 4.98 Å². The number of rotatable bonds is 4. The molecule has 1 atom stereocenters. The minimum atomic E-state index is -0.622. The van der Waals surface area contributed by atoms with Crippen molar-refractivity contribution in [3.8, 4) is 27.9 Å². The Labute approximate surface area is 278 Å². The Morgan fingerprint density at radius 1 is 0.438 bits per heavy atom. The highest BCUT2D eigenvalue weighted by Gasteiger charge is 2.20. The SMILES string of the molecule is c1ccc(-p2c3ccccc3c3cc(Oc4c5ccccc5c(-c5cc6ccccc6c6ccccc56)c5cnccc45)ccc32)cc1. The molecule has 0 aliphatic rings. The molecule has 0 spiro atoms. The molecule has 2 aromatic heterocycles. The van der Waals surface area contributed by atoms with Gasteiger partial charge in [0, 0.05) is 38.8 Å². The molecule has 8 aromatic carbocycles. The Balaban J connectivity index is 1.22. The van der Waals surface area contributed by atoms with Gasteiger partial charge in [-0.05, 0) is 84.5 Å². The highest BCUT2D eigenvalue weighted by atomic mass is 31.1. The third-order valence-corrected chi connectivity index (χ3v) is 12.2. The molecule has 0 N–H and O–H groups in total. The molecule has 2 nitrogen and oxygen atoms in total. The Morgan fingerprint density at radius 3 is 1.94 bits per heavy atom. The lowest BCUT2D eigenvalue weighted by atomic mass is 9.87. The average Bonchev–Trinajstić information content (AvgIpc) is 3.49. The molecule has 224 valence electrons. The first kappa shape index (κ1) is 27.2. The van der Waals surface area contributed by atoms with Crippen LogP contribution in [-0.2, 0) is 0 Å². The fourth-order valence-corrected chi connectivity index (χ4v) is 10.2. The van der Waals surface area contributed by atoms with Crippen LogP contribution >= 0.6 is 7.53 Å². The molecule has 0 saturated carbocycles. The number of nitrogens with zero attached hydrogens (tertiary/aromatic N) is 1. The van der Waals surface area contributed by atoms with E-state index in [1.54, 1.807) is 0 Å². The standard InChI is InChI=1S/C45H28NOP/c1-2-13-31(14-3-1)48-42-21-11-10-18-35(42)39-27-30(22-23-43(39)48)47-45-37-20-9-8-19-36(37)44(41-28-46-25-24-38(41)45)40-26-29-12-4-5-15-32(29)33-16-6-7-17-34(33)40/h1-28H. The van der Waals surface area contributed by atoms with Crippen molar-refractivity contribution in [2.24, 2.45) is 0 Å². The maximum atomic E-state index is 7.01. The summed E-state index contributed by atoms with van der Waals surface area (Å²) in [5.41, 5.74) is 2.38. The van der Waals surface area contributed by atoms with Crippen molar-refractivity contribution >= 4 is 71.6 Å². The Kier molecular flexibility index (Phi) is 6.12. The van der Waals surface area contributed by atoms with Gasteiger partial charge in [0.15, 0.2) is 0 Å². The van der Waals surface area contributed by atoms with E-state index in [-0.39, 0.29) is 0 Å². The lowest BCUT2D eigenvalue weighted by Crippen LogP contribution is -1.94. The minimum Gasteiger partial charge on any atom is -0.456 e. The molecular weight excluding hydrogens is 601 g/mol. The number of pyridine rings is 1. The smallest absolute Gasteiger partial charge is 0.143 e. The summed E-state index contributed by atoms with van der Waals surface area (Å²) in [5.74, 6) is 1.69. The lowest BCUT2D eigenvalue weighted by molar-refractivity contribution is 0.494. The van der Waals surface area contributed by atoms with E-state index < -0.39 is 7.53 Å². The molecule has 10 rings (SSSR count). The van der Waals surface area contributed by atoms with Crippen LogP contribution in [0.5, 0.6) is 11.5 Å². The van der Waals surface area contributed by atoms with E-state index in [9.17, 15) is 0 Å². The van der Waals surface area contributed by atoms with Crippen LogP contribution in [0.2, 0.25) is 0 Å². The molecular formula is C45H28NOP. The van der Waals surface area contributed by atoms with Gasteiger partial charge in [0.2, 0.25) is 0 Å². The van der Waals surface area contributed by atoms with Crippen molar-refractivity contribution in [2.75, 3.05) is 0 Å². The number of benzene rings is 8. The predicted molar refractivity (Wildman–Crippen MR) is 205 cm³/mol. The summed E-state index contributed by atoms with van der Waals surface area (Å²) in [6.07, 6.45) is 3.87. The van der Waals surface area contributed by atoms with E-state index in [2.05, 4.69) is 163 Å². The van der Waals surface area contributed by atoms with Gasteiger partial charge in [-0.3, -0.25) is 4.98 Å². The van der Waals surface area contributed by atoms with Crippen LogP contribution in [0.1, 0.15) is 0 Å². The van der Waals surface area contributed by atoms with Gasteiger partial charge in [-0.15, -0.1) is 0 Å². The Hall–Kier alpha value is -5.95. The predicted octanol–water partition coefficient (Wildman–Crippen LogP) is 13.4. The van der Waals surface area contributed by atoms with Crippen LogP contribution in [0.4, 0.5) is 0 Å². The highest BCUT2D eigenvalue weighted by Crippen LogP contribution is 2.56. The Morgan fingerprint density at radius 2 is 1.08 bits per heavy atom. The van der Waals surface area contributed by atoms with E-state index in [0.29, 0.717) is 0 Å². The summed E-state index contributed by atoms with van der Waals surface area (Å²) in [4.78, 5) is 4.65. The molecule has 1 unspecified atom stereocenters. The van der Waals surface area contributed by atoms with Gasteiger partial charge in [0.1, 0.15) is 11.5 Å². The molecule has 0 aliphatic heterocycles. The normalized spacial score (nSPS) is 12.1. The van der Waals surface area contributed by atoms with E-state index in [1.165, 1.54) is 59.0 Å². The molecule has 3 heteroatoms. The van der Waals surface area contributed by atoms with Gasteiger partial charge in [0.05, 0.1) is 0 Å². The van der Waals surface area contributed by atoms with E-state index in [0.717, 1.165) is 33.0 Å². The van der Waals surface area contributed by atoms with E-state index in [4.69, 9.17) is 4.74 Å². The number of ether oxygens (including phenoxy) is 1. The van der Waals surface area contributed by atoms with E-state index >= 15 is 0 Å². The quantitative estimate of drug-likeness (QED) is 0.143. The zero-order valence-corrected chi connectivity index (χ0v) is 26.9. The molecule has 48 heavy (non-hydrogen) atoms. The largest absolute Gasteiger partial charge is 0.456 e. The topological polar surface area (TPSA) is 22.1 Å². The molecule has 0 radical (unpaired) electrons. The number of hydrogen-bond acceptors (Lipinski definition) is 2. The molecule has 0 saturated heterocycles. The molecule has 0 amide bonds. The number of aromatic nitrogens is 1.